The maximum Gasteiger partial charge on any atom is 0.0602 e. The second kappa shape index (κ2) is 4.56. The molecule has 0 aliphatic carbocycles. The Morgan fingerprint density at radius 2 is 2.20 bits per heavy atom. The Bertz CT molecular complexity index is 479. The molecule has 2 aromatic rings. The topological polar surface area (TPSA) is 41.8 Å². The molecule has 1 aromatic heterocycles. The highest BCUT2D eigenvalue weighted by Gasteiger charge is 2.07. The number of H-pyrrole nitrogens is 1. The van der Waals surface area contributed by atoms with Crippen LogP contribution >= 0.6 is 27.5 Å². The molecule has 0 fully saturated rings. The van der Waals surface area contributed by atoms with Crippen LogP contribution in [0.5, 0.6) is 0 Å². The monoisotopic (exact) mass is 286 g/mol. The lowest BCUT2D eigenvalue weighted by Crippen LogP contribution is -1.99. The minimum Gasteiger partial charge on any atom is -0.360 e. The minimum atomic E-state index is 0.717. The van der Waals surface area contributed by atoms with Crippen LogP contribution in [-0.2, 0) is 6.42 Å². The molecule has 2 nitrogen and oxygen atoms in total. The van der Waals surface area contributed by atoms with E-state index in [2.05, 4.69) is 20.9 Å². The standard InChI is InChI=1S/C11H12BrClN2/c12-10-5-8(13)4-9-7(2-1-3-14)6-15-11(9)10/h4-6,15H,1-3,14H2. The molecule has 4 heteroatoms. The molecule has 0 aliphatic rings. The van der Waals surface area contributed by atoms with Crippen LogP contribution < -0.4 is 5.73 Å². The third-order valence-electron chi connectivity index (χ3n) is 2.44. The zero-order valence-corrected chi connectivity index (χ0v) is 10.5. The number of aromatic amines is 1. The van der Waals surface area contributed by atoms with Gasteiger partial charge in [-0.1, -0.05) is 11.6 Å². The molecule has 0 saturated carbocycles. The molecule has 3 N–H and O–H groups in total. The molecule has 0 unspecified atom stereocenters. The summed E-state index contributed by atoms with van der Waals surface area (Å²) in [6, 6.07) is 3.89. The van der Waals surface area contributed by atoms with E-state index in [1.165, 1.54) is 10.9 Å². The van der Waals surface area contributed by atoms with Crippen LogP contribution in [0.2, 0.25) is 5.02 Å². The largest absolute Gasteiger partial charge is 0.360 e. The molecule has 0 atom stereocenters. The molecule has 15 heavy (non-hydrogen) atoms. The predicted octanol–water partition coefficient (Wildman–Crippen LogP) is 3.48. The summed E-state index contributed by atoms with van der Waals surface area (Å²) in [5, 5.41) is 1.94. The molecule has 0 saturated heterocycles. The van der Waals surface area contributed by atoms with Gasteiger partial charge in [0.25, 0.3) is 0 Å². The number of halogens is 2. The quantitative estimate of drug-likeness (QED) is 0.892. The van der Waals surface area contributed by atoms with Crippen LogP contribution in [0.1, 0.15) is 12.0 Å². The Balaban J connectivity index is 2.49. The summed E-state index contributed by atoms with van der Waals surface area (Å²) in [5.41, 5.74) is 7.88. The first-order valence-corrected chi connectivity index (χ1v) is 6.04. The third-order valence-corrected chi connectivity index (χ3v) is 3.29. The van der Waals surface area contributed by atoms with Gasteiger partial charge in [-0.05, 0) is 53.0 Å². The number of nitrogens with one attached hydrogen (secondary N) is 1. The second-order valence-corrected chi connectivity index (χ2v) is 4.81. The zero-order chi connectivity index (χ0) is 10.8. The average molecular weight is 288 g/mol. The molecular formula is C11H12BrClN2. The van der Waals surface area contributed by atoms with Gasteiger partial charge in [0.05, 0.1) is 5.52 Å². The molecule has 0 amide bonds. The molecule has 1 heterocycles. The fourth-order valence-corrected chi connectivity index (χ4v) is 2.63. The van der Waals surface area contributed by atoms with Crippen LogP contribution in [-0.4, -0.2) is 11.5 Å². The smallest absolute Gasteiger partial charge is 0.0602 e. The van der Waals surface area contributed by atoms with Crippen LogP contribution in [0.15, 0.2) is 22.8 Å². The van der Waals surface area contributed by atoms with E-state index >= 15 is 0 Å². The fourth-order valence-electron chi connectivity index (χ4n) is 1.71. The summed E-state index contributed by atoms with van der Waals surface area (Å²) in [5.74, 6) is 0. The first kappa shape index (κ1) is 11.0. The Morgan fingerprint density at radius 1 is 1.40 bits per heavy atom. The number of fused-ring (bicyclic) bond motifs is 1. The predicted molar refractivity (Wildman–Crippen MR) is 68.4 cm³/mol. The summed E-state index contributed by atoms with van der Waals surface area (Å²) < 4.78 is 1.00. The molecule has 0 spiro atoms. The van der Waals surface area contributed by atoms with Crippen LogP contribution in [0.4, 0.5) is 0 Å². The van der Waals surface area contributed by atoms with Gasteiger partial charge >= 0.3 is 0 Å². The Hall–Kier alpha value is -0.510. The van der Waals surface area contributed by atoms with Crippen molar-refractivity contribution in [3.05, 3.63) is 33.4 Å². The summed E-state index contributed by atoms with van der Waals surface area (Å²) in [6.07, 6.45) is 4.02. The highest BCUT2D eigenvalue weighted by Crippen LogP contribution is 2.30. The normalized spacial score (nSPS) is 11.1. The van der Waals surface area contributed by atoms with Gasteiger partial charge in [-0.25, -0.2) is 0 Å². The van der Waals surface area contributed by atoms with Gasteiger partial charge in [0, 0.05) is 21.1 Å². The number of aromatic nitrogens is 1. The van der Waals surface area contributed by atoms with E-state index in [4.69, 9.17) is 17.3 Å². The SMILES string of the molecule is NCCCc1c[nH]c2c(Br)cc(Cl)cc12. The highest BCUT2D eigenvalue weighted by atomic mass is 79.9. The number of aryl methyl sites for hydroxylation is 1. The summed E-state index contributed by atoms with van der Waals surface area (Å²) in [7, 11) is 0. The first-order chi connectivity index (χ1) is 7.22. The van der Waals surface area contributed by atoms with E-state index < -0.39 is 0 Å². The summed E-state index contributed by atoms with van der Waals surface area (Å²) in [6.45, 7) is 0.717. The highest BCUT2D eigenvalue weighted by molar-refractivity contribution is 9.10. The van der Waals surface area contributed by atoms with Crippen molar-refractivity contribution in [1.29, 1.82) is 0 Å². The maximum atomic E-state index is 6.02. The first-order valence-electron chi connectivity index (χ1n) is 4.87. The van der Waals surface area contributed by atoms with Gasteiger partial charge in [-0.15, -0.1) is 0 Å². The van der Waals surface area contributed by atoms with E-state index in [1.807, 2.05) is 18.3 Å². The third kappa shape index (κ3) is 2.19. The van der Waals surface area contributed by atoms with Gasteiger partial charge < -0.3 is 10.7 Å². The molecular weight excluding hydrogens is 275 g/mol. The number of nitrogens with two attached hydrogens (primary N) is 1. The van der Waals surface area contributed by atoms with Gasteiger partial charge in [-0.2, -0.15) is 0 Å². The Labute approximate surface area is 102 Å². The minimum absolute atomic E-state index is 0.717. The van der Waals surface area contributed by atoms with Crippen molar-refractivity contribution in [3.63, 3.8) is 0 Å². The van der Waals surface area contributed by atoms with Gasteiger partial charge in [0.15, 0.2) is 0 Å². The zero-order valence-electron chi connectivity index (χ0n) is 8.19. The van der Waals surface area contributed by atoms with Crippen molar-refractivity contribution in [2.24, 2.45) is 5.73 Å². The lowest BCUT2D eigenvalue weighted by molar-refractivity contribution is 0.837. The molecule has 0 aliphatic heterocycles. The number of hydrogen-bond acceptors (Lipinski definition) is 1. The van der Waals surface area contributed by atoms with E-state index in [9.17, 15) is 0 Å². The van der Waals surface area contributed by atoms with Crippen LogP contribution in [0.25, 0.3) is 10.9 Å². The van der Waals surface area contributed by atoms with Crippen molar-refractivity contribution < 1.29 is 0 Å². The average Bonchev–Trinajstić information content (AvgIpc) is 2.58. The molecule has 0 radical (unpaired) electrons. The molecule has 0 bridgehead atoms. The number of rotatable bonds is 3. The lowest BCUT2D eigenvalue weighted by Gasteiger charge is -1.99. The van der Waals surface area contributed by atoms with Crippen molar-refractivity contribution in [2.45, 2.75) is 12.8 Å². The van der Waals surface area contributed by atoms with E-state index in [1.54, 1.807) is 0 Å². The van der Waals surface area contributed by atoms with Crippen molar-refractivity contribution in [2.75, 3.05) is 6.54 Å². The van der Waals surface area contributed by atoms with Crippen molar-refractivity contribution in [1.82, 2.24) is 4.98 Å². The molecule has 1 aromatic carbocycles. The number of hydrogen-bond donors (Lipinski definition) is 2. The second-order valence-electron chi connectivity index (χ2n) is 3.52. The summed E-state index contributed by atoms with van der Waals surface area (Å²) >= 11 is 9.51. The van der Waals surface area contributed by atoms with Gasteiger partial charge in [0.2, 0.25) is 0 Å². The Morgan fingerprint density at radius 3 is 2.93 bits per heavy atom. The van der Waals surface area contributed by atoms with Crippen molar-refractivity contribution in [3.8, 4) is 0 Å². The maximum absolute atomic E-state index is 6.02. The van der Waals surface area contributed by atoms with Gasteiger partial charge in [0.1, 0.15) is 0 Å². The lowest BCUT2D eigenvalue weighted by atomic mass is 10.1. The van der Waals surface area contributed by atoms with E-state index in [0.29, 0.717) is 6.54 Å². The van der Waals surface area contributed by atoms with Crippen molar-refractivity contribution >= 4 is 38.4 Å². The summed E-state index contributed by atoms with van der Waals surface area (Å²) in [4.78, 5) is 3.25. The molecule has 80 valence electrons. The fraction of sp³-hybridized carbons (Fsp3) is 0.273. The van der Waals surface area contributed by atoms with Crippen LogP contribution in [0, 0.1) is 0 Å². The van der Waals surface area contributed by atoms with Crippen LogP contribution in [0.3, 0.4) is 0 Å². The number of benzene rings is 1. The van der Waals surface area contributed by atoms with E-state index in [-0.39, 0.29) is 0 Å². The molecule has 2 rings (SSSR count). The van der Waals surface area contributed by atoms with Gasteiger partial charge in [-0.3, -0.25) is 0 Å². The Kier molecular flexibility index (Phi) is 3.34. The van der Waals surface area contributed by atoms with E-state index in [0.717, 1.165) is 27.9 Å².